The number of aliphatic hydroxyl groups excluding tert-OH is 1. The summed E-state index contributed by atoms with van der Waals surface area (Å²) in [4.78, 5) is 39.6. The van der Waals surface area contributed by atoms with Crippen LogP contribution in [0.25, 0.3) is 0 Å². The van der Waals surface area contributed by atoms with Crippen LogP contribution >= 0.6 is 0 Å². The Labute approximate surface area is 191 Å². The van der Waals surface area contributed by atoms with Gasteiger partial charge in [-0.05, 0) is 57.7 Å². The van der Waals surface area contributed by atoms with Gasteiger partial charge in [0.2, 0.25) is 11.8 Å². The highest BCUT2D eigenvalue weighted by Gasteiger charge is 2.32. The number of benzene rings is 1. The third-order valence-electron chi connectivity index (χ3n) is 5.02. The van der Waals surface area contributed by atoms with Crippen LogP contribution in [-0.2, 0) is 14.3 Å². The molecule has 8 nitrogen and oxygen atoms in total. The molecule has 0 spiro atoms. The van der Waals surface area contributed by atoms with Crippen molar-refractivity contribution in [2.75, 3.05) is 26.2 Å². The van der Waals surface area contributed by atoms with Gasteiger partial charge in [0, 0.05) is 13.1 Å². The second-order valence-corrected chi connectivity index (χ2v) is 8.86. The molecule has 0 aliphatic carbocycles. The van der Waals surface area contributed by atoms with E-state index in [1.165, 1.54) is 4.90 Å². The quantitative estimate of drug-likeness (QED) is 0.450. The number of amides is 3. The molecule has 0 saturated heterocycles. The molecule has 1 unspecified atom stereocenters. The number of unbranched alkanes of at least 4 members (excludes halogenated alkanes) is 2. The largest absolute Gasteiger partial charge is 0.444 e. The van der Waals surface area contributed by atoms with E-state index in [2.05, 4.69) is 17.6 Å². The molecule has 0 aromatic heterocycles. The minimum absolute atomic E-state index is 0.0464. The molecule has 1 aromatic rings. The summed E-state index contributed by atoms with van der Waals surface area (Å²) in [5.74, 6) is -0.798. The maximum Gasteiger partial charge on any atom is 0.408 e. The number of nitrogens with zero attached hydrogens (tertiary/aromatic N) is 1. The van der Waals surface area contributed by atoms with E-state index in [0.29, 0.717) is 12.1 Å². The molecule has 0 aliphatic heterocycles. The van der Waals surface area contributed by atoms with Crippen LogP contribution in [0.4, 0.5) is 4.79 Å². The average molecular weight is 450 g/mol. The molecule has 0 fully saturated rings. The van der Waals surface area contributed by atoms with Crippen LogP contribution in [0, 0.1) is 13.8 Å². The van der Waals surface area contributed by atoms with Crippen molar-refractivity contribution in [3.63, 3.8) is 0 Å². The Kier molecular flexibility index (Phi) is 11.2. The summed E-state index contributed by atoms with van der Waals surface area (Å²) in [5, 5.41) is 15.0. The number of ether oxygens (including phenoxy) is 1. The highest BCUT2D eigenvalue weighted by atomic mass is 16.6. The van der Waals surface area contributed by atoms with Crippen molar-refractivity contribution in [1.29, 1.82) is 0 Å². The molecule has 1 atom stereocenters. The Balaban J connectivity index is 3.14. The summed E-state index contributed by atoms with van der Waals surface area (Å²) >= 11 is 0. The average Bonchev–Trinajstić information content (AvgIpc) is 2.70. The third kappa shape index (κ3) is 8.86. The summed E-state index contributed by atoms with van der Waals surface area (Å²) < 4.78 is 5.18. The maximum atomic E-state index is 13.2. The first-order valence-corrected chi connectivity index (χ1v) is 11.2. The zero-order valence-corrected chi connectivity index (χ0v) is 20.3. The number of aryl methyl sites for hydroxylation is 1. The third-order valence-corrected chi connectivity index (χ3v) is 5.02. The molecule has 1 aromatic carbocycles. The predicted molar refractivity (Wildman–Crippen MR) is 124 cm³/mol. The zero-order chi connectivity index (χ0) is 24.3. The van der Waals surface area contributed by atoms with E-state index in [4.69, 9.17) is 4.74 Å². The van der Waals surface area contributed by atoms with Gasteiger partial charge in [-0.3, -0.25) is 9.59 Å². The molecule has 0 radical (unpaired) electrons. The molecule has 180 valence electrons. The van der Waals surface area contributed by atoms with E-state index in [9.17, 15) is 19.5 Å². The lowest BCUT2D eigenvalue weighted by molar-refractivity contribution is -0.140. The van der Waals surface area contributed by atoms with E-state index < -0.39 is 23.6 Å². The fraction of sp³-hybridized carbons (Fsp3) is 0.625. The van der Waals surface area contributed by atoms with Gasteiger partial charge < -0.3 is 25.4 Å². The zero-order valence-electron chi connectivity index (χ0n) is 20.3. The Morgan fingerprint density at radius 1 is 1.12 bits per heavy atom. The first kappa shape index (κ1) is 27.4. The number of alkyl carbamates (subject to hydrolysis) is 1. The van der Waals surface area contributed by atoms with Gasteiger partial charge >= 0.3 is 6.09 Å². The molecule has 0 aliphatic rings. The number of nitrogens with one attached hydrogen (secondary N) is 2. The predicted octanol–water partition coefficient (Wildman–Crippen LogP) is 3.00. The number of carbonyl (C=O) groups is 3. The van der Waals surface area contributed by atoms with Gasteiger partial charge in [-0.2, -0.15) is 0 Å². The Hall–Kier alpha value is -2.61. The molecular weight excluding hydrogens is 410 g/mol. The molecule has 3 amide bonds. The normalized spacial score (nSPS) is 12.1. The van der Waals surface area contributed by atoms with E-state index in [0.717, 1.165) is 30.4 Å². The molecule has 0 heterocycles. The molecular formula is C24H39N3O5. The van der Waals surface area contributed by atoms with Gasteiger partial charge in [0.1, 0.15) is 18.2 Å². The monoisotopic (exact) mass is 449 g/mol. The highest BCUT2D eigenvalue weighted by molar-refractivity contribution is 5.90. The topological polar surface area (TPSA) is 108 Å². The van der Waals surface area contributed by atoms with Crippen molar-refractivity contribution in [1.82, 2.24) is 15.5 Å². The summed E-state index contributed by atoms with van der Waals surface area (Å²) in [7, 11) is 0. The summed E-state index contributed by atoms with van der Waals surface area (Å²) in [6.45, 7) is 10.9. The van der Waals surface area contributed by atoms with Crippen LogP contribution in [0.2, 0.25) is 0 Å². The molecule has 3 N–H and O–H groups in total. The standard InChI is InChI=1S/C24H39N3O5/c1-7-8-9-13-25-22(30)21(19-12-10-11-17(2)18(19)3)27(14-15-28)20(29)16-26-23(31)32-24(4,5)6/h10-12,21,28H,7-9,13-16H2,1-6H3,(H,25,30)(H,26,31). The van der Waals surface area contributed by atoms with Gasteiger partial charge in [0.25, 0.3) is 0 Å². The summed E-state index contributed by atoms with van der Waals surface area (Å²) in [6.07, 6.45) is 2.15. The van der Waals surface area contributed by atoms with Crippen molar-refractivity contribution in [3.05, 3.63) is 34.9 Å². The molecule has 1 rings (SSSR count). The number of hydrogen-bond donors (Lipinski definition) is 3. The number of aliphatic hydroxyl groups is 1. The van der Waals surface area contributed by atoms with E-state index >= 15 is 0 Å². The lowest BCUT2D eigenvalue weighted by Gasteiger charge is -2.32. The smallest absolute Gasteiger partial charge is 0.408 e. The number of carbonyl (C=O) groups excluding carboxylic acids is 3. The lowest BCUT2D eigenvalue weighted by atomic mass is 9.95. The van der Waals surface area contributed by atoms with Gasteiger partial charge in [-0.15, -0.1) is 0 Å². The van der Waals surface area contributed by atoms with Crippen molar-refractivity contribution in [2.45, 2.75) is 72.4 Å². The summed E-state index contributed by atoms with van der Waals surface area (Å²) in [6, 6.07) is 4.68. The SMILES string of the molecule is CCCCCNC(=O)C(c1cccc(C)c1C)N(CCO)C(=O)CNC(=O)OC(C)(C)C. The second kappa shape index (κ2) is 13.1. The molecule has 0 bridgehead atoms. The van der Waals surface area contributed by atoms with Crippen molar-refractivity contribution < 1.29 is 24.2 Å². The first-order valence-electron chi connectivity index (χ1n) is 11.2. The van der Waals surface area contributed by atoms with Crippen LogP contribution < -0.4 is 10.6 Å². The molecule has 8 heteroatoms. The maximum absolute atomic E-state index is 13.2. The number of rotatable bonds is 11. The second-order valence-electron chi connectivity index (χ2n) is 8.86. The van der Waals surface area contributed by atoms with Crippen LogP contribution in [-0.4, -0.2) is 59.8 Å². The van der Waals surface area contributed by atoms with Gasteiger partial charge in [-0.25, -0.2) is 4.79 Å². The fourth-order valence-corrected chi connectivity index (χ4v) is 3.27. The van der Waals surface area contributed by atoms with Gasteiger partial charge in [0.05, 0.1) is 6.61 Å². The number of hydrogen-bond acceptors (Lipinski definition) is 5. The Morgan fingerprint density at radius 2 is 1.81 bits per heavy atom. The van der Waals surface area contributed by atoms with Crippen LogP contribution in [0.15, 0.2) is 18.2 Å². The Bertz CT molecular complexity index is 773. The van der Waals surface area contributed by atoms with E-state index in [1.54, 1.807) is 20.8 Å². The Morgan fingerprint density at radius 3 is 2.41 bits per heavy atom. The minimum Gasteiger partial charge on any atom is -0.444 e. The highest BCUT2D eigenvalue weighted by Crippen LogP contribution is 2.26. The van der Waals surface area contributed by atoms with Crippen LogP contribution in [0.5, 0.6) is 0 Å². The van der Waals surface area contributed by atoms with Crippen molar-refractivity contribution >= 4 is 17.9 Å². The fourth-order valence-electron chi connectivity index (χ4n) is 3.27. The van der Waals surface area contributed by atoms with Gasteiger partial charge in [-0.1, -0.05) is 38.0 Å². The molecule has 0 saturated carbocycles. The van der Waals surface area contributed by atoms with Crippen molar-refractivity contribution in [2.24, 2.45) is 0 Å². The lowest BCUT2D eigenvalue weighted by Crippen LogP contribution is -2.49. The van der Waals surface area contributed by atoms with Crippen LogP contribution in [0.1, 0.15) is 69.7 Å². The van der Waals surface area contributed by atoms with E-state index in [1.807, 2.05) is 32.0 Å². The first-order chi connectivity index (χ1) is 15.0. The molecule has 32 heavy (non-hydrogen) atoms. The summed E-state index contributed by atoms with van der Waals surface area (Å²) in [5.41, 5.74) is 1.89. The van der Waals surface area contributed by atoms with Gasteiger partial charge in [0.15, 0.2) is 0 Å². The van der Waals surface area contributed by atoms with Crippen LogP contribution in [0.3, 0.4) is 0 Å². The van der Waals surface area contributed by atoms with Crippen molar-refractivity contribution in [3.8, 4) is 0 Å². The van der Waals surface area contributed by atoms with E-state index in [-0.39, 0.29) is 25.6 Å². The minimum atomic E-state index is -0.920.